The maximum atomic E-state index is 12.7. The van der Waals surface area contributed by atoms with Crippen molar-refractivity contribution >= 4 is 12.1 Å². The Hall–Kier alpha value is -2.08. The van der Waals surface area contributed by atoms with E-state index in [0.29, 0.717) is 32.6 Å². The molecule has 1 aromatic rings. The first-order valence-electron chi connectivity index (χ1n) is 9.06. The Morgan fingerprint density at radius 2 is 1.92 bits per heavy atom. The van der Waals surface area contributed by atoms with E-state index in [2.05, 4.69) is 0 Å². The fourth-order valence-corrected chi connectivity index (χ4v) is 3.30. The van der Waals surface area contributed by atoms with Crippen LogP contribution in [0.4, 0.5) is 4.79 Å². The van der Waals surface area contributed by atoms with Crippen molar-refractivity contribution in [2.45, 2.75) is 64.2 Å². The monoisotopic (exact) mass is 363 g/mol. The molecule has 1 amide bonds. The first-order valence-corrected chi connectivity index (χ1v) is 9.06. The van der Waals surface area contributed by atoms with Crippen molar-refractivity contribution < 1.29 is 24.2 Å². The molecule has 26 heavy (non-hydrogen) atoms. The van der Waals surface area contributed by atoms with Gasteiger partial charge in [-0.3, -0.25) is 4.79 Å². The molecule has 1 saturated heterocycles. The van der Waals surface area contributed by atoms with Gasteiger partial charge < -0.3 is 19.5 Å². The zero-order chi connectivity index (χ0) is 19.2. The Labute approximate surface area is 155 Å². The number of hydrogen-bond donors (Lipinski definition) is 1. The van der Waals surface area contributed by atoms with Crippen LogP contribution in [0.15, 0.2) is 30.3 Å². The lowest BCUT2D eigenvalue weighted by Gasteiger charge is -2.39. The van der Waals surface area contributed by atoms with Crippen molar-refractivity contribution in [3.63, 3.8) is 0 Å². The lowest BCUT2D eigenvalue weighted by molar-refractivity contribution is -0.138. The molecule has 1 unspecified atom stereocenters. The number of amides is 1. The zero-order valence-electron chi connectivity index (χ0n) is 15.9. The number of likely N-dealkylation sites (tertiary alicyclic amines) is 1. The summed E-state index contributed by atoms with van der Waals surface area (Å²) in [4.78, 5) is 25.5. The van der Waals surface area contributed by atoms with Crippen LogP contribution in [0.5, 0.6) is 0 Å². The Kier molecular flexibility index (Phi) is 6.64. The average molecular weight is 363 g/mol. The van der Waals surface area contributed by atoms with E-state index in [0.717, 1.165) is 12.0 Å². The summed E-state index contributed by atoms with van der Waals surface area (Å²) in [6.07, 6.45) is 1.48. The molecule has 1 aliphatic heterocycles. The smallest absolute Gasteiger partial charge is 0.410 e. The van der Waals surface area contributed by atoms with Crippen molar-refractivity contribution in [1.82, 2.24) is 4.90 Å². The number of hydrogen-bond acceptors (Lipinski definition) is 4. The van der Waals surface area contributed by atoms with Crippen molar-refractivity contribution in [1.29, 1.82) is 0 Å². The molecule has 6 heteroatoms. The molecule has 1 aliphatic rings. The van der Waals surface area contributed by atoms with Gasteiger partial charge in [-0.2, -0.15) is 0 Å². The van der Waals surface area contributed by atoms with Crippen molar-refractivity contribution in [2.75, 3.05) is 13.2 Å². The number of carboxylic acids is 1. The van der Waals surface area contributed by atoms with Gasteiger partial charge in [-0.25, -0.2) is 4.79 Å². The number of ether oxygens (including phenoxy) is 2. The Morgan fingerprint density at radius 1 is 1.23 bits per heavy atom. The highest BCUT2D eigenvalue weighted by Crippen LogP contribution is 2.35. The van der Waals surface area contributed by atoms with Crippen LogP contribution in [-0.4, -0.2) is 46.4 Å². The topological polar surface area (TPSA) is 76.1 Å². The molecule has 6 nitrogen and oxygen atoms in total. The van der Waals surface area contributed by atoms with Gasteiger partial charge in [-0.1, -0.05) is 30.3 Å². The van der Waals surface area contributed by atoms with Crippen LogP contribution in [0, 0.1) is 0 Å². The quantitative estimate of drug-likeness (QED) is 0.796. The summed E-state index contributed by atoms with van der Waals surface area (Å²) in [5.41, 5.74) is -0.179. The SMILES string of the molecule is CC(C)(C)OC(=O)N1CCCC1(CCC(=O)O)COCc1ccccc1. The third-order valence-electron chi connectivity index (χ3n) is 4.50. The standard InChI is InChI=1S/C20H29NO5/c1-19(2,3)26-18(24)21-13-7-11-20(21,12-10-17(22)23)15-25-14-16-8-5-4-6-9-16/h4-6,8-9H,7,10-15H2,1-3H3,(H,22,23). The van der Waals surface area contributed by atoms with Crippen LogP contribution in [-0.2, 0) is 20.9 Å². The lowest BCUT2D eigenvalue weighted by Crippen LogP contribution is -2.52. The van der Waals surface area contributed by atoms with Gasteiger partial charge in [0.05, 0.1) is 18.8 Å². The van der Waals surface area contributed by atoms with Gasteiger partial charge in [-0.15, -0.1) is 0 Å². The minimum absolute atomic E-state index is 0.00596. The molecule has 144 valence electrons. The predicted octanol–water partition coefficient (Wildman–Crippen LogP) is 3.84. The summed E-state index contributed by atoms with van der Waals surface area (Å²) in [6, 6.07) is 9.79. The van der Waals surface area contributed by atoms with Gasteiger partial charge >= 0.3 is 12.1 Å². The number of carbonyl (C=O) groups excluding carboxylic acids is 1. The second-order valence-electron chi connectivity index (χ2n) is 7.83. The van der Waals surface area contributed by atoms with Crippen molar-refractivity contribution in [3.8, 4) is 0 Å². The number of nitrogens with zero attached hydrogens (tertiary/aromatic N) is 1. The summed E-state index contributed by atoms with van der Waals surface area (Å²) < 4.78 is 11.4. The highest BCUT2D eigenvalue weighted by molar-refractivity contribution is 5.70. The van der Waals surface area contributed by atoms with E-state index >= 15 is 0 Å². The van der Waals surface area contributed by atoms with E-state index in [-0.39, 0.29) is 6.42 Å². The van der Waals surface area contributed by atoms with E-state index in [1.54, 1.807) is 4.90 Å². The molecule has 0 bridgehead atoms. The van der Waals surface area contributed by atoms with Crippen LogP contribution >= 0.6 is 0 Å². The van der Waals surface area contributed by atoms with Crippen molar-refractivity contribution in [3.05, 3.63) is 35.9 Å². The Balaban J connectivity index is 2.09. The molecule has 0 saturated carbocycles. The van der Waals surface area contributed by atoms with E-state index in [1.807, 2.05) is 51.1 Å². The van der Waals surface area contributed by atoms with Gasteiger partial charge in [-0.05, 0) is 45.6 Å². The summed E-state index contributed by atoms with van der Waals surface area (Å²) in [5.74, 6) is -0.872. The number of carboxylic acid groups (broad SMARTS) is 1. The highest BCUT2D eigenvalue weighted by Gasteiger charge is 2.45. The lowest BCUT2D eigenvalue weighted by atomic mass is 9.91. The van der Waals surface area contributed by atoms with E-state index in [4.69, 9.17) is 14.6 Å². The molecular formula is C20H29NO5. The second kappa shape index (κ2) is 8.54. The molecule has 0 aromatic heterocycles. The molecule has 1 N–H and O–H groups in total. The highest BCUT2D eigenvalue weighted by atomic mass is 16.6. The minimum Gasteiger partial charge on any atom is -0.481 e. The maximum absolute atomic E-state index is 12.7. The summed E-state index contributed by atoms with van der Waals surface area (Å²) in [5, 5.41) is 9.13. The van der Waals surface area contributed by atoms with Gasteiger partial charge in [0.1, 0.15) is 5.60 Å². The summed E-state index contributed by atoms with van der Waals surface area (Å²) in [7, 11) is 0. The fraction of sp³-hybridized carbons (Fsp3) is 0.600. The van der Waals surface area contributed by atoms with Crippen LogP contribution < -0.4 is 0 Å². The molecule has 1 heterocycles. The van der Waals surface area contributed by atoms with Gasteiger partial charge in [0.25, 0.3) is 0 Å². The molecule has 0 radical (unpaired) electrons. The third kappa shape index (κ3) is 5.73. The third-order valence-corrected chi connectivity index (χ3v) is 4.50. The predicted molar refractivity (Wildman–Crippen MR) is 97.9 cm³/mol. The molecule has 1 atom stereocenters. The largest absolute Gasteiger partial charge is 0.481 e. The molecular weight excluding hydrogens is 334 g/mol. The zero-order valence-corrected chi connectivity index (χ0v) is 15.9. The van der Waals surface area contributed by atoms with Crippen molar-refractivity contribution in [2.24, 2.45) is 0 Å². The number of aliphatic carboxylic acids is 1. The molecule has 1 aromatic carbocycles. The minimum atomic E-state index is -0.872. The molecule has 1 fully saturated rings. The van der Waals surface area contributed by atoms with Crippen LogP contribution in [0.1, 0.15) is 52.0 Å². The first-order chi connectivity index (χ1) is 12.2. The number of carbonyl (C=O) groups is 2. The fourth-order valence-electron chi connectivity index (χ4n) is 3.30. The Bertz CT molecular complexity index is 610. The van der Waals surface area contributed by atoms with Gasteiger partial charge in [0.2, 0.25) is 0 Å². The molecule has 0 aliphatic carbocycles. The Morgan fingerprint density at radius 3 is 2.54 bits per heavy atom. The summed E-state index contributed by atoms with van der Waals surface area (Å²) in [6.45, 7) is 6.76. The number of benzene rings is 1. The van der Waals surface area contributed by atoms with Gasteiger partial charge in [0.15, 0.2) is 0 Å². The van der Waals surface area contributed by atoms with Crippen LogP contribution in [0.3, 0.4) is 0 Å². The summed E-state index contributed by atoms with van der Waals surface area (Å²) >= 11 is 0. The van der Waals surface area contributed by atoms with E-state index in [9.17, 15) is 9.59 Å². The second-order valence-corrected chi connectivity index (χ2v) is 7.83. The molecule has 2 rings (SSSR count). The number of rotatable bonds is 7. The van der Waals surface area contributed by atoms with Crippen LogP contribution in [0.25, 0.3) is 0 Å². The van der Waals surface area contributed by atoms with Gasteiger partial charge in [0, 0.05) is 13.0 Å². The van der Waals surface area contributed by atoms with E-state index < -0.39 is 23.2 Å². The maximum Gasteiger partial charge on any atom is 0.410 e. The average Bonchev–Trinajstić information content (AvgIpc) is 2.97. The normalized spacial score (nSPS) is 20.2. The molecule has 0 spiro atoms. The first kappa shape index (κ1) is 20.2. The van der Waals surface area contributed by atoms with Crippen LogP contribution in [0.2, 0.25) is 0 Å². The van der Waals surface area contributed by atoms with E-state index in [1.165, 1.54) is 0 Å².